The highest BCUT2D eigenvalue weighted by atomic mass is 16.4. The van der Waals surface area contributed by atoms with E-state index >= 15 is 0 Å². The number of likely N-dealkylation sites (tertiary alicyclic amines) is 1. The first-order valence-electron chi connectivity index (χ1n) is 6.35. The van der Waals surface area contributed by atoms with Crippen LogP contribution < -0.4 is 0 Å². The van der Waals surface area contributed by atoms with Gasteiger partial charge in [-0.15, -0.1) is 0 Å². The number of aliphatic hydroxyl groups is 1. The molecule has 2 rings (SSSR count). The summed E-state index contributed by atoms with van der Waals surface area (Å²) in [5, 5.41) is 17.9. The van der Waals surface area contributed by atoms with Crippen molar-refractivity contribution in [2.75, 3.05) is 19.7 Å². The molecule has 0 radical (unpaired) electrons. The number of carboxylic acids is 1. The highest BCUT2D eigenvalue weighted by Crippen LogP contribution is 2.18. The van der Waals surface area contributed by atoms with Gasteiger partial charge in [0.25, 0.3) is 5.91 Å². The number of hydrogen-bond acceptors (Lipinski definition) is 3. The van der Waals surface area contributed by atoms with E-state index in [1.54, 1.807) is 17.0 Å². The third-order valence-electron chi connectivity index (χ3n) is 3.54. The summed E-state index contributed by atoms with van der Waals surface area (Å²) < 4.78 is 0. The highest BCUT2D eigenvalue weighted by molar-refractivity contribution is 5.95. The van der Waals surface area contributed by atoms with Gasteiger partial charge in [0.1, 0.15) is 0 Å². The van der Waals surface area contributed by atoms with E-state index in [4.69, 9.17) is 10.2 Å². The zero-order chi connectivity index (χ0) is 13.8. The van der Waals surface area contributed by atoms with Crippen LogP contribution in [-0.2, 0) is 0 Å². The first-order chi connectivity index (χ1) is 9.11. The van der Waals surface area contributed by atoms with Crippen molar-refractivity contribution in [1.82, 2.24) is 4.90 Å². The first kappa shape index (κ1) is 13.5. The summed E-state index contributed by atoms with van der Waals surface area (Å²) in [5.41, 5.74) is 0.683. The monoisotopic (exact) mass is 263 g/mol. The maximum Gasteiger partial charge on any atom is 0.335 e. The fourth-order valence-electron chi connectivity index (χ4n) is 2.26. The minimum Gasteiger partial charge on any atom is -0.478 e. The maximum absolute atomic E-state index is 12.2. The minimum absolute atomic E-state index is 0.0756. The molecule has 1 saturated heterocycles. The molecule has 19 heavy (non-hydrogen) atoms. The van der Waals surface area contributed by atoms with Gasteiger partial charge in [-0.3, -0.25) is 4.79 Å². The van der Waals surface area contributed by atoms with Gasteiger partial charge in [-0.05, 0) is 43.0 Å². The van der Waals surface area contributed by atoms with Gasteiger partial charge >= 0.3 is 5.97 Å². The number of carbonyl (C=O) groups excluding carboxylic acids is 1. The minimum atomic E-state index is -0.997. The second kappa shape index (κ2) is 5.84. The van der Waals surface area contributed by atoms with Gasteiger partial charge in [0.05, 0.1) is 5.56 Å². The molecule has 2 N–H and O–H groups in total. The van der Waals surface area contributed by atoms with Gasteiger partial charge < -0.3 is 15.1 Å². The molecule has 0 aliphatic carbocycles. The van der Waals surface area contributed by atoms with Crippen molar-refractivity contribution in [2.24, 2.45) is 5.92 Å². The Morgan fingerprint density at radius 3 is 2.11 bits per heavy atom. The van der Waals surface area contributed by atoms with E-state index in [9.17, 15) is 9.59 Å². The number of amides is 1. The van der Waals surface area contributed by atoms with Crippen molar-refractivity contribution in [3.8, 4) is 0 Å². The predicted octanol–water partition coefficient (Wildman–Crippen LogP) is 1.23. The third-order valence-corrected chi connectivity index (χ3v) is 3.54. The number of rotatable bonds is 3. The average Bonchev–Trinajstić information content (AvgIpc) is 2.46. The van der Waals surface area contributed by atoms with Gasteiger partial charge in [-0.1, -0.05) is 0 Å². The van der Waals surface area contributed by atoms with E-state index in [1.165, 1.54) is 12.1 Å². The summed E-state index contributed by atoms with van der Waals surface area (Å²) in [6.45, 7) is 1.46. The average molecular weight is 263 g/mol. The summed E-state index contributed by atoms with van der Waals surface area (Å²) >= 11 is 0. The maximum atomic E-state index is 12.2. The van der Waals surface area contributed by atoms with Crippen LogP contribution in [0, 0.1) is 5.92 Å². The standard InChI is InChI=1S/C14H17NO4/c16-9-10-5-7-15(8-6-10)13(17)11-1-3-12(4-2-11)14(18)19/h1-4,10,16H,5-9H2,(H,18,19). The molecule has 1 aliphatic rings. The summed E-state index contributed by atoms with van der Waals surface area (Å²) in [7, 11) is 0. The van der Waals surface area contributed by atoms with Crippen LogP contribution in [0.15, 0.2) is 24.3 Å². The number of hydrogen-bond donors (Lipinski definition) is 2. The van der Waals surface area contributed by atoms with E-state index < -0.39 is 5.97 Å². The normalized spacial score (nSPS) is 16.4. The van der Waals surface area contributed by atoms with Crippen molar-refractivity contribution in [3.05, 3.63) is 35.4 Å². The second-order valence-corrected chi connectivity index (χ2v) is 4.80. The van der Waals surface area contributed by atoms with Gasteiger partial charge in [-0.2, -0.15) is 0 Å². The van der Waals surface area contributed by atoms with Crippen molar-refractivity contribution in [1.29, 1.82) is 0 Å². The molecule has 0 atom stereocenters. The van der Waals surface area contributed by atoms with Crippen LogP contribution in [0.1, 0.15) is 33.6 Å². The van der Waals surface area contributed by atoms with Crippen LogP contribution in [0.4, 0.5) is 0 Å². The van der Waals surface area contributed by atoms with Crippen LogP contribution in [0.25, 0.3) is 0 Å². The molecule has 1 amide bonds. The first-order valence-corrected chi connectivity index (χ1v) is 6.35. The molecular weight excluding hydrogens is 246 g/mol. The van der Waals surface area contributed by atoms with Crippen molar-refractivity contribution >= 4 is 11.9 Å². The molecule has 1 aliphatic heterocycles. The Morgan fingerprint density at radius 2 is 1.63 bits per heavy atom. The number of carbonyl (C=O) groups is 2. The lowest BCUT2D eigenvalue weighted by atomic mass is 9.97. The Kier molecular flexibility index (Phi) is 4.16. The van der Waals surface area contributed by atoms with Gasteiger partial charge in [-0.25, -0.2) is 4.79 Å². The Hall–Kier alpha value is -1.88. The lowest BCUT2D eigenvalue weighted by Crippen LogP contribution is -2.39. The molecule has 1 aromatic carbocycles. The van der Waals surface area contributed by atoms with Crippen LogP contribution in [0.2, 0.25) is 0 Å². The number of aromatic carboxylic acids is 1. The molecule has 0 saturated carbocycles. The fourth-order valence-corrected chi connectivity index (χ4v) is 2.26. The van der Waals surface area contributed by atoms with Crippen LogP contribution in [0.3, 0.4) is 0 Å². The second-order valence-electron chi connectivity index (χ2n) is 4.80. The Bertz CT molecular complexity index is 461. The Balaban J connectivity index is 2.02. The molecule has 102 valence electrons. The molecule has 0 spiro atoms. The van der Waals surface area contributed by atoms with Crippen molar-refractivity contribution in [3.63, 3.8) is 0 Å². The van der Waals surface area contributed by atoms with Crippen molar-refractivity contribution in [2.45, 2.75) is 12.8 Å². The molecule has 1 fully saturated rings. The topological polar surface area (TPSA) is 77.8 Å². The van der Waals surface area contributed by atoms with Crippen LogP contribution in [0.5, 0.6) is 0 Å². The largest absolute Gasteiger partial charge is 0.478 e. The molecule has 1 heterocycles. The van der Waals surface area contributed by atoms with E-state index in [1.807, 2.05) is 0 Å². The quantitative estimate of drug-likeness (QED) is 0.859. The third kappa shape index (κ3) is 3.12. The lowest BCUT2D eigenvalue weighted by Gasteiger charge is -2.31. The van der Waals surface area contributed by atoms with Gasteiger partial charge in [0.2, 0.25) is 0 Å². The van der Waals surface area contributed by atoms with E-state index in [-0.39, 0.29) is 18.1 Å². The zero-order valence-electron chi connectivity index (χ0n) is 10.6. The van der Waals surface area contributed by atoms with Crippen LogP contribution >= 0.6 is 0 Å². The van der Waals surface area contributed by atoms with E-state index in [0.29, 0.717) is 24.6 Å². The molecule has 5 nitrogen and oxygen atoms in total. The Morgan fingerprint density at radius 1 is 1.11 bits per heavy atom. The highest BCUT2D eigenvalue weighted by Gasteiger charge is 2.23. The molecule has 5 heteroatoms. The summed E-state index contributed by atoms with van der Waals surface area (Å²) in [5.74, 6) is -0.783. The SMILES string of the molecule is O=C(O)c1ccc(C(=O)N2CCC(CO)CC2)cc1. The van der Waals surface area contributed by atoms with Crippen LogP contribution in [-0.4, -0.2) is 46.7 Å². The summed E-state index contributed by atoms with van der Waals surface area (Å²) in [6, 6.07) is 5.97. The van der Waals surface area contributed by atoms with Gasteiger partial charge in [0.15, 0.2) is 0 Å². The zero-order valence-corrected chi connectivity index (χ0v) is 10.6. The fraction of sp³-hybridized carbons (Fsp3) is 0.429. The number of benzene rings is 1. The van der Waals surface area contributed by atoms with Crippen molar-refractivity contribution < 1.29 is 19.8 Å². The number of carboxylic acid groups (broad SMARTS) is 1. The van der Waals surface area contributed by atoms with E-state index in [2.05, 4.69) is 0 Å². The summed E-state index contributed by atoms with van der Waals surface area (Å²) in [4.78, 5) is 24.7. The smallest absolute Gasteiger partial charge is 0.335 e. The van der Waals surface area contributed by atoms with Gasteiger partial charge in [0, 0.05) is 25.3 Å². The Labute approximate surface area is 111 Å². The number of piperidine rings is 1. The molecule has 0 unspecified atom stereocenters. The number of nitrogens with zero attached hydrogens (tertiary/aromatic N) is 1. The lowest BCUT2D eigenvalue weighted by molar-refractivity contribution is 0.0647. The van der Waals surface area contributed by atoms with E-state index in [0.717, 1.165) is 12.8 Å². The summed E-state index contributed by atoms with van der Waals surface area (Å²) in [6.07, 6.45) is 1.63. The number of aliphatic hydroxyl groups excluding tert-OH is 1. The molecule has 0 bridgehead atoms. The predicted molar refractivity (Wildman–Crippen MR) is 69.1 cm³/mol. The molecular formula is C14H17NO4. The molecule has 0 aromatic heterocycles. The molecule has 1 aromatic rings.